The molecule has 4 rings (SSSR count). The minimum atomic E-state index is -3.49. The van der Waals surface area contributed by atoms with Crippen molar-refractivity contribution in [2.75, 3.05) is 50.4 Å². The van der Waals surface area contributed by atoms with E-state index in [0.717, 1.165) is 36.0 Å². The number of morpholine rings is 1. The van der Waals surface area contributed by atoms with Crippen LogP contribution >= 0.6 is 0 Å². The Kier molecular flexibility index (Phi) is 9.12. The molecular weight excluding hydrogens is 533 g/mol. The summed E-state index contributed by atoms with van der Waals surface area (Å²) < 4.78 is 52.9. The summed E-state index contributed by atoms with van der Waals surface area (Å²) in [4.78, 5) is 17.0. The number of hydrogen-bond donors (Lipinski definition) is 2. The van der Waals surface area contributed by atoms with Crippen molar-refractivity contribution in [3.05, 3.63) is 81.5 Å². The molecule has 1 fully saturated rings. The predicted molar refractivity (Wildman–Crippen MR) is 158 cm³/mol. The number of nitrogens with zero attached hydrogens (tertiary/aromatic N) is 1. The molecule has 0 unspecified atom stereocenters. The van der Waals surface area contributed by atoms with Crippen molar-refractivity contribution in [3.63, 3.8) is 0 Å². The van der Waals surface area contributed by atoms with Gasteiger partial charge in [0.2, 0.25) is 10.0 Å². The van der Waals surface area contributed by atoms with Gasteiger partial charge in [0.25, 0.3) is 5.56 Å². The van der Waals surface area contributed by atoms with E-state index in [1.54, 1.807) is 25.3 Å². The standard InChI is InChI=1S/C30H36FN3O5S/c1-30(2,3)27-18-23(26-19-24(31)20-32-29(26)35)17-22(28(27)38-4)8-5-21-6-9-25(10-7-21)33-40(36,37)16-13-34-11-14-39-15-12-34/h5-10,17-20,33H,11-16H2,1-4H3,(H,32,35)/b8-5+. The SMILES string of the molecule is COc1c(/C=C/c2ccc(NS(=O)(=O)CCN3CCOCC3)cc2)cc(-c2cc(F)c[nH]c2=O)cc1C(C)(C)C. The highest BCUT2D eigenvalue weighted by molar-refractivity contribution is 7.92. The number of nitrogens with one attached hydrogen (secondary N) is 2. The summed E-state index contributed by atoms with van der Waals surface area (Å²) in [6.07, 6.45) is 4.78. The van der Waals surface area contributed by atoms with Crippen LogP contribution in [-0.2, 0) is 20.2 Å². The van der Waals surface area contributed by atoms with Crippen molar-refractivity contribution in [3.8, 4) is 16.9 Å². The van der Waals surface area contributed by atoms with Crippen molar-refractivity contribution >= 4 is 27.9 Å². The van der Waals surface area contributed by atoms with E-state index in [1.165, 1.54) is 6.07 Å². The van der Waals surface area contributed by atoms with E-state index in [-0.39, 0.29) is 22.3 Å². The van der Waals surface area contributed by atoms with Gasteiger partial charge in [-0.2, -0.15) is 0 Å². The van der Waals surface area contributed by atoms with E-state index in [9.17, 15) is 17.6 Å². The molecule has 0 bridgehead atoms. The molecule has 0 spiro atoms. The third kappa shape index (κ3) is 7.59. The molecule has 10 heteroatoms. The number of rotatable bonds is 9. The number of aromatic amines is 1. The van der Waals surface area contributed by atoms with Gasteiger partial charge in [-0.05, 0) is 46.9 Å². The Labute approximate surface area is 234 Å². The average molecular weight is 570 g/mol. The maximum Gasteiger partial charge on any atom is 0.256 e. The summed E-state index contributed by atoms with van der Waals surface area (Å²) in [6, 6.07) is 11.9. The van der Waals surface area contributed by atoms with Crippen LogP contribution in [0.25, 0.3) is 23.3 Å². The Hall–Kier alpha value is -3.47. The quantitative estimate of drug-likeness (QED) is 0.362. The first kappa shape index (κ1) is 29.5. The molecule has 3 aromatic rings. The molecule has 0 radical (unpaired) electrons. The lowest BCUT2D eigenvalue weighted by molar-refractivity contribution is 0.0408. The second kappa shape index (κ2) is 12.4. The molecular formula is C30H36FN3O5S. The topological polar surface area (TPSA) is 101 Å². The highest BCUT2D eigenvalue weighted by Crippen LogP contribution is 2.38. The molecule has 0 saturated carbocycles. The molecule has 1 aromatic heterocycles. The maximum absolute atomic E-state index is 14.0. The number of pyridine rings is 1. The Morgan fingerprint density at radius 3 is 2.45 bits per heavy atom. The zero-order chi connectivity index (χ0) is 28.9. The first-order valence-electron chi connectivity index (χ1n) is 13.1. The van der Waals surface area contributed by atoms with Gasteiger partial charge in [-0.3, -0.25) is 14.4 Å². The van der Waals surface area contributed by atoms with Gasteiger partial charge >= 0.3 is 0 Å². The second-order valence-corrected chi connectivity index (χ2v) is 12.6. The Balaban J connectivity index is 1.56. The lowest BCUT2D eigenvalue weighted by Crippen LogP contribution is -2.39. The molecule has 214 valence electrons. The zero-order valence-electron chi connectivity index (χ0n) is 23.3. The average Bonchev–Trinajstić information content (AvgIpc) is 2.92. The Morgan fingerprint density at radius 1 is 1.10 bits per heavy atom. The number of aromatic nitrogens is 1. The number of halogens is 1. The van der Waals surface area contributed by atoms with Gasteiger partial charge < -0.3 is 14.5 Å². The summed E-state index contributed by atoms with van der Waals surface area (Å²) in [5.41, 5.74) is 3.03. The molecule has 2 heterocycles. The number of anilines is 1. The van der Waals surface area contributed by atoms with Crippen LogP contribution in [0.2, 0.25) is 0 Å². The van der Waals surface area contributed by atoms with Crippen molar-refractivity contribution in [2.24, 2.45) is 0 Å². The minimum absolute atomic E-state index is 0.00898. The molecule has 8 nitrogen and oxygen atoms in total. The van der Waals surface area contributed by atoms with Crippen LogP contribution < -0.4 is 15.0 Å². The number of hydrogen-bond acceptors (Lipinski definition) is 6. The molecule has 1 aliphatic rings. The van der Waals surface area contributed by atoms with E-state index >= 15 is 0 Å². The van der Waals surface area contributed by atoms with Crippen LogP contribution in [0.15, 0.2) is 53.5 Å². The number of sulfonamides is 1. The summed E-state index contributed by atoms with van der Waals surface area (Å²) in [7, 11) is -1.90. The van der Waals surface area contributed by atoms with E-state index in [1.807, 2.05) is 51.1 Å². The first-order chi connectivity index (χ1) is 18.9. The fourth-order valence-corrected chi connectivity index (χ4v) is 5.64. The smallest absolute Gasteiger partial charge is 0.256 e. The van der Waals surface area contributed by atoms with E-state index in [2.05, 4.69) is 14.6 Å². The Bertz CT molecular complexity index is 1520. The van der Waals surface area contributed by atoms with E-state index in [4.69, 9.17) is 9.47 Å². The molecule has 0 atom stereocenters. The fraction of sp³-hybridized carbons (Fsp3) is 0.367. The minimum Gasteiger partial charge on any atom is -0.496 e. The summed E-state index contributed by atoms with van der Waals surface area (Å²) in [5, 5.41) is 0. The van der Waals surface area contributed by atoms with Gasteiger partial charge in [-0.1, -0.05) is 45.1 Å². The number of methoxy groups -OCH3 is 1. The summed E-state index contributed by atoms with van der Waals surface area (Å²) >= 11 is 0. The third-order valence-electron chi connectivity index (χ3n) is 6.73. The largest absolute Gasteiger partial charge is 0.496 e. The highest BCUT2D eigenvalue weighted by atomic mass is 32.2. The summed E-state index contributed by atoms with van der Waals surface area (Å²) in [6.45, 7) is 9.30. The van der Waals surface area contributed by atoms with Crippen molar-refractivity contribution in [1.82, 2.24) is 9.88 Å². The van der Waals surface area contributed by atoms with Crippen LogP contribution in [0.3, 0.4) is 0 Å². The van der Waals surface area contributed by atoms with Crippen LogP contribution in [0.1, 0.15) is 37.5 Å². The fourth-order valence-electron chi connectivity index (χ4n) is 4.54. The lowest BCUT2D eigenvalue weighted by atomic mass is 9.83. The van der Waals surface area contributed by atoms with Crippen molar-refractivity contribution in [2.45, 2.75) is 26.2 Å². The van der Waals surface area contributed by atoms with Crippen LogP contribution in [0.4, 0.5) is 10.1 Å². The lowest BCUT2D eigenvalue weighted by Gasteiger charge is -2.26. The molecule has 1 saturated heterocycles. The molecule has 2 N–H and O–H groups in total. The Morgan fingerprint density at radius 2 is 1.80 bits per heavy atom. The summed E-state index contributed by atoms with van der Waals surface area (Å²) in [5.74, 6) is 0.135. The van der Waals surface area contributed by atoms with Gasteiger partial charge in [0.1, 0.15) is 11.6 Å². The monoisotopic (exact) mass is 569 g/mol. The molecule has 0 aliphatic carbocycles. The second-order valence-electron chi connectivity index (χ2n) is 10.8. The van der Waals surface area contributed by atoms with Crippen LogP contribution in [0.5, 0.6) is 5.75 Å². The van der Waals surface area contributed by atoms with Crippen molar-refractivity contribution in [1.29, 1.82) is 0 Å². The van der Waals surface area contributed by atoms with Gasteiger partial charge in [-0.25, -0.2) is 12.8 Å². The molecule has 0 amide bonds. The van der Waals surface area contributed by atoms with Gasteiger partial charge in [-0.15, -0.1) is 0 Å². The maximum atomic E-state index is 14.0. The van der Waals surface area contributed by atoms with Gasteiger partial charge in [0.05, 0.1) is 26.1 Å². The molecule has 40 heavy (non-hydrogen) atoms. The third-order valence-corrected chi connectivity index (χ3v) is 7.99. The predicted octanol–water partition coefficient (Wildman–Crippen LogP) is 4.73. The zero-order valence-corrected chi connectivity index (χ0v) is 24.1. The first-order valence-corrected chi connectivity index (χ1v) is 14.8. The van der Waals surface area contributed by atoms with E-state index < -0.39 is 15.8 Å². The highest BCUT2D eigenvalue weighted by Gasteiger charge is 2.23. The van der Waals surface area contributed by atoms with Gasteiger partial charge in [0.15, 0.2) is 0 Å². The molecule has 2 aromatic carbocycles. The van der Waals surface area contributed by atoms with Crippen LogP contribution in [0, 0.1) is 5.82 Å². The van der Waals surface area contributed by atoms with Gasteiger partial charge in [0, 0.05) is 48.2 Å². The van der Waals surface area contributed by atoms with E-state index in [0.29, 0.717) is 36.8 Å². The van der Waals surface area contributed by atoms with Crippen molar-refractivity contribution < 1.29 is 22.3 Å². The number of ether oxygens (including phenoxy) is 2. The number of benzene rings is 2. The van der Waals surface area contributed by atoms with Crippen LogP contribution in [-0.4, -0.2) is 64.0 Å². The normalized spacial score (nSPS) is 14.9. The number of H-pyrrole nitrogens is 1. The molecule has 1 aliphatic heterocycles.